The minimum absolute atomic E-state index is 0.220. The first-order valence-corrected chi connectivity index (χ1v) is 7.99. The highest BCUT2D eigenvalue weighted by atomic mass is 16.5. The van der Waals surface area contributed by atoms with Crippen molar-refractivity contribution in [3.05, 3.63) is 53.6 Å². The Morgan fingerprint density at radius 1 is 0.926 bits per heavy atom. The second-order valence-electron chi connectivity index (χ2n) is 5.55. The van der Waals surface area contributed by atoms with Gasteiger partial charge in [0.15, 0.2) is 17.6 Å². The first-order chi connectivity index (χ1) is 12.8. The van der Waals surface area contributed by atoms with E-state index >= 15 is 0 Å². The molecule has 1 unspecified atom stereocenters. The fraction of sp³-hybridized carbons (Fsp3) is 0.211. The zero-order chi connectivity index (χ0) is 20.0. The lowest BCUT2D eigenvalue weighted by Crippen LogP contribution is -2.30. The van der Waals surface area contributed by atoms with E-state index in [4.69, 9.17) is 19.9 Å². The zero-order valence-electron chi connectivity index (χ0n) is 15.1. The van der Waals surface area contributed by atoms with Crippen LogP contribution in [0.4, 0.5) is 5.69 Å². The van der Waals surface area contributed by atoms with Crippen LogP contribution in [-0.4, -0.2) is 38.1 Å². The van der Waals surface area contributed by atoms with E-state index in [-0.39, 0.29) is 5.56 Å². The average molecular weight is 372 g/mol. The molecule has 2 aromatic carbocycles. The molecule has 3 N–H and O–H groups in total. The molecule has 27 heavy (non-hydrogen) atoms. The summed E-state index contributed by atoms with van der Waals surface area (Å²) in [7, 11) is 2.94. The van der Waals surface area contributed by atoms with E-state index < -0.39 is 23.9 Å². The summed E-state index contributed by atoms with van der Waals surface area (Å²) in [5.74, 6) is -0.915. The molecule has 0 bridgehead atoms. The minimum Gasteiger partial charge on any atom is -0.493 e. The maximum absolute atomic E-state index is 12.2. The molecule has 1 atom stereocenters. The fourth-order valence-corrected chi connectivity index (χ4v) is 2.21. The standard InChI is InChI=1S/C19H20N2O6/c1-11(18(23)21-14-7-4-12(5-8-14)17(20)22)27-19(24)13-6-9-15(25-2)16(10-13)26-3/h4-11H,1-3H3,(H2,20,22)(H,21,23). The zero-order valence-corrected chi connectivity index (χ0v) is 15.1. The van der Waals surface area contributed by atoms with Crippen molar-refractivity contribution in [2.45, 2.75) is 13.0 Å². The number of rotatable bonds is 7. The number of primary amides is 1. The first-order valence-electron chi connectivity index (χ1n) is 7.99. The Hall–Kier alpha value is -3.55. The van der Waals surface area contributed by atoms with E-state index in [1.165, 1.54) is 57.5 Å². The largest absolute Gasteiger partial charge is 0.493 e. The van der Waals surface area contributed by atoms with E-state index in [1.807, 2.05) is 0 Å². The van der Waals surface area contributed by atoms with Gasteiger partial charge in [-0.3, -0.25) is 9.59 Å². The second kappa shape index (κ2) is 8.70. The van der Waals surface area contributed by atoms with Gasteiger partial charge in [0.25, 0.3) is 5.91 Å². The van der Waals surface area contributed by atoms with Crippen LogP contribution in [0.2, 0.25) is 0 Å². The van der Waals surface area contributed by atoms with Crippen molar-refractivity contribution in [1.82, 2.24) is 0 Å². The monoisotopic (exact) mass is 372 g/mol. The Kier molecular flexibility index (Phi) is 6.37. The summed E-state index contributed by atoms with van der Waals surface area (Å²) in [5.41, 5.74) is 6.15. The Labute approximate surface area is 156 Å². The molecule has 8 heteroatoms. The Morgan fingerprint density at radius 2 is 1.52 bits per heavy atom. The fourth-order valence-electron chi connectivity index (χ4n) is 2.21. The van der Waals surface area contributed by atoms with Gasteiger partial charge in [-0.2, -0.15) is 0 Å². The number of benzene rings is 2. The van der Waals surface area contributed by atoms with E-state index in [0.29, 0.717) is 22.7 Å². The van der Waals surface area contributed by atoms with Crippen molar-refractivity contribution in [2.75, 3.05) is 19.5 Å². The highest BCUT2D eigenvalue weighted by molar-refractivity contribution is 5.98. The minimum atomic E-state index is -1.04. The van der Waals surface area contributed by atoms with E-state index in [2.05, 4.69) is 5.32 Å². The van der Waals surface area contributed by atoms with Crippen LogP contribution in [0.1, 0.15) is 27.6 Å². The third-order valence-corrected chi connectivity index (χ3v) is 3.71. The molecule has 2 aromatic rings. The van der Waals surface area contributed by atoms with Gasteiger partial charge < -0.3 is 25.3 Å². The summed E-state index contributed by atoms with van der Waals surface area (Å²) in [6, 6.07) is 10.6. The van der Waals surface area contributed by atoms with Crippen molar-refractivity contribution in [3.63, 3.8) is 0 Å². The molecule has 0 radical (unpaired) electrons. The average Bonchev–Trinajstić information content (AvgIpc) is 2.67. The van der Waals surface area contributed by atoms with Gasteiger partial charge in [-0.05, 0) is 49.4 Å². The van der Waals surface area contributed by atoms with Crippen LogP contribution in [0.25, 0.3) is 0 Å². The third kappa shape index (κ3) is 4.97. The Bertz CT molecular complexity index is 848. The van der Waals surface area contributed by atoms with Gasteiger partial charge in [0, 0.05) is 11.3 Å². The number of ether oxygens (including phenoxy) is 3. The van der Waals surface area contributed by atoms with Gasteiger partial charge >= 0.3 is 5.97 Å². The van der Waals surface area contributed by atoms with Crippen molar-refractivity contribution in [2.24, 2.45) is 5.73 Å². The van der Waals surface area contributed by atoms with Crippen molar-refractivity contribution in [3.8, 4) is 11.5 Å². The van der Waals surface area contributed by atoms with Crippen molar-refractivity contribution < 1.29 is 28.6 Å². The molecule has 0 aromatic heterocycles. The lowest BCUT2D eigenvalue weighted by molar-refractivity contribution is -0.123. The molecule has 0 aliphatic carbocycles. The predicted octanol–water partition coefficient (Wildman–Crippen LogP) is 1.99. The quantitative estimate of drug-likeness (QED) is 0.718. The number of carbonyl (C=O) groups is 3. The number of esters is 1. The summed E-state index contributed by atoms with van der Waals surface area (Å²) < 4.78 is 15.4. The molecule has 0 saturated heterocycles. The summed E-state index contributed by atoms with van der Waals surface area (Å²) in [4.78, 5) is 35.5. The maximum Gasteiger partial charge on any atom is 0.339 e. The molecule has 2 rings (SSSR count). The molecule has 8 nitrogen and oxygen atoms in total. The number of hydrogen-bond acceptors (Lipinski definition) is 6. The molecule has 2 amide bonds. The van der Waals surface area contributed by atoms with Gasteiger partial charge in [-0.15, -0.1) is 0 Å². The Balaban J connectivity index is 2.01. The van der Waals surface area contributed by atoms with Crippen LogP contribution in [-0.2, 0) is 9.53 Å². The topological polar surface area (TPSA) is 117 Å². The summed E-state index contributed by atoms with van der Waals surface area (Å²) in [6.45, 7) is 1.45. The van der Waals surface area contributed by atoms with E-state index in [0.717, 1.165) is 0 Å². The molecular weight excluding hydrogens is 352 g/mol. The SMILES string of the molecule is COc1ccc(C(=O)OC(C)C(=O)Nc2ccc(C(N)=O)cc2)cc1OC. The summed E-state index contributed by atoms with van der Waals surface area (Å²) in [6.07, 6.45) is -1.04. The summed E-state index contributed by atoms with van der Waals surface area (Å²) >= 11 is 0. The third-order valence-electron chi connectivity index (χ3n) is 3.71. The maximum atomic E-state index is 12.2. The molecule has 0 spiro atoms. The van der Waals surface area contributed by atoms with Crippen LogP contribution in [0.5, 0.6) is 11.5 Å². The number of hydrogen-bond donors (Lipinski definition) is 2. The highest BCUT2D eigenvalue weighted by Gasteiger charge is 2.20. The number of carbonyl (C=O) groups excluding carboxylic acids is 3. The molecular formula is C19H20N2O6. The van der Waals surface area contributed by atoms with Gasteiger partial charge in [0.05, 0.1) is 19.8 Å². The van der Waals surface area contributed by atoms with E-state index in [9.17, 15) is 14.4 Å². The number of nitrogens with two attached hydrogens (primary N) is 1. The van der Waals surface area contributed by atoms with Gasteiger partial charge in [-0.1, -0.05) is 0 Å². The molecule has 0 aliphatic heterocycles. The van der Waals surface area contributed by atoms with E-state index in [1.54, 1.807) is 6.07 Å². The van der Waals surface area contributed by atoms with Gasteiger partial charge in [0.1, 0.15) is 0 Å². The molecule has 0 heterocycles. The highest BCUT2D eigenvalue weighted by Crippen LogP contribution is 2.28. The summed E-state index contributed by atoms with van der Waals surface area (Å²) in [5, 5.41) is 2.59. The number of amides is 2. The lowest BCUT2D eigenvalue weighted by atomic mass is 10.2. The molecule has 0 fully saturated rings. The van der Waals surface area contributed by atoms with Gasteiger partial charge in [-0.25, -0.2) is 4.79 Å². The first kappa shape index (κ1) is 19.8. The second-order valence-corrected chi connectivity index (χ2v) is 5.55. The van der Waals surface area contributed by atoms with Crippen molar-refractivity contribution >= 4 is 23.5 Å². The van der Waals surface area contributed by atoms with Crippen LogP contribution in [0, 0.1) is 0 Å². The smallest absolute Gasteiger partial charge is 0.339 e. The molecule has 0 aliphatic rings. The number of nitrogens with one attached hydrogen (secondary N) is 1. The Morgan fingerprint density at radius 3 is 2.07 bits per heavy atom. The van der Waals surface area contributed by atoms with Crippen LogP contribution in [0.3, 0.4) is 0 Å². The van der Waals surface area contributed by atoms with Crippen LogP contribution in [0.15, 0.2) is 42.5 Å². The van der Waals surface area contributed by atoms with Crippen LogP contribution < -0.4 is 20.5 Å². The normalized spacial score (nSPS) is 11.2. The van der Waals surface area contributed by atoms with Crippen molar-refractivity contribution in [1.29, 1.82) is 0 Å². The number of methoxy groups -OCH3 is 2. The van der Waals surface area contributed by atoms with Gasteiger partial charge in [0.2, 0.25) is 5.91 Å². The van der Waals surface area contributed by atoms with Crippen LogP contribution >= 0.6 is 0 Å². The molecule has 0 saturated carbocycles. The predicted molar refractivity (Wildman–Crippen MR) is 98.0 cm³/mol. The number of anilines is 1. The molecule has 142 valence electrons. The lowest BCUT2D eigenvalue weighted by Gasteiger charge is -2.14.